The second-order valence-electron chi connectivity index (χ2n) is 4.67. The second-order valence-corrected chi connectivity index (χ2v) is 4.67. The summed E-state index contributed by atoms with van der Waals surface area (Å²) in [4.78, 5) is 21.9. The summed E-state index contributed by atoms with van der Waals surface area (Å²) in [6.07, 6.45) is -5.84. The fraction of sp³-hybridized carbons (Fsp3) is 0.200. The third kappa shape index (κ3) is 3.55. The fourth-order valence-electron chi connectivity index (χ4n) is 2.20. The number of carbonyl (C=O) groups excluding carboxylic acids is 2. The molecule has 0 unspecified atom stereocenters. The second kappa shape index (κ2) is 6.05. The van der Waals surface area contributed by atoms with Gasteiger partial charge in [-0.1, -0.05) is 42.5 Å². The van der Waals surface area contributed by atoms with Gasteiger partial charge < -0.3 is 15.2 Å². The van der Waals surface area contributed by atoms with E-state index in [9.17, 15) is 27.9 Å². The highest BCUT2D eigenvalue weighted by Gasteiger charge is 2.40. The van der Waals surface area contributed by atoms with Gasteiger partial charge in [-0.15, -0.1) is 0 Å². The molecule has 0 radical (unpaired) electrons. The topological polar surface area (TPSA) is 69.2 Å². The number of amides is 1. The van der Waals surface area contributed by atoms with E-state index in [0.717, 1.165) is 5.39 Å². The van der Waals surface area contributed by atoms with Crippen LogP contribution in [0.5, 0.6) is 0 Å². The van der Waals surface area contributed by atoms with Crippen molar-refractivity contribution in [3.05, 3.63) is 48.0 Å². The highest BCUT2D eigenvalue weighted by Crippen LogP contribution is 2.27. The number of alkyl halides is 3. The number of nitrogens with one attached hydrogen (secondary N) is 1. The van der Waals surface area contributed by atoms with E-state index in [1.165, 1.54) is 6.07 Å². The number of carboxylic acid groups (broad SMARTS) is 1. The van der Waals surface area contributed by atoms with E-state index in [-0.39, 0.29) is 0 Å². The van der Waals surface area contributed by atoms with E-state index in [1.807, 2.05) is 0 Å². The molecule has 0 saturated carbocycles. The SMILES string of the molecule is O=C([O-])C[C@H](NC(=O)C(F)(F)F)c1cccc2ccccc12. The number of hydrogen-bond acceptors (Lipinski definition) is 3. The molecule has 2 aromatic rings. The third-order valence-electron chi connectivity index (χ3n) is 3.13. The summed E-state index contributed by atoms with van der Waals surface area (Å²) in [5, 5.41) is 13.8. The van der Waals surface area contributed by atoms with Gasteiger partial charge in [0, 0.05) is 12.4 Å². The van der Waals surface area contributed by atoms with Crippen LogP contribution in [0.1, 0.15) is 18.0 Å². The number of aliphatic carboxylic acids is 1. The van der Waals surface area contributed by atoms with E-state index >= 15 is 0 Å². The fourth-order valence-corrected chi connectivity index (χ4v) is 2.20. The van der Waals surface area contributed by atoms with Crippen LogP contribution in [-0.2, 0) is 9.59 Å². The summed E-state index contributed by atoms with van der Waals surface area (Å²) < 4.78 is 37.2. The Labute approximate surface area is 123 Å². The molecule has 0 fully saturated rings. The zero-order chi connectivity index (χ0) is 16.3. The summed E-state index contributed by atoms with van der Waals surface area (Å²) in [7, 11) is 0. The zero-order valence-electron chi connectivity index (χ0n) is 11.2. The average Bonchev–Trinajstić information content (AvgIpc) is 2.44. The molecule has 0 aromatic heterocycles. The monoisotopic (exact) mass is 310 g/mol. The molecule has 22 heavy (non-hydrogen) atoms. The molecule has 0 aliphatic heterocycles. The predicted octanol–water partition coefficient (Wildman–Crippen LogP) is 1.70. The molecule has 1 N–H and O–H groups in total. The Kier molecular flexibility index (Phi) is 4.35. The quantitative estimate of drug-likeness (QED) is 0.934. The molecule has 0 saturated heterocycles. The lowest BCUT2D eigenvalue weighted by molar-refractivity contribution is -0.306. The molecule has 2 aromatic carbocycles. The summed E-state index contributed by atoms with van der Waals surface area (Å²) >= 11 is 0. The van der Waals surface area contributed by atoms with E-state index in [1.54, 1.807) is 41.7 Å². The van der Waals surface area contributed by atoms with Gasteiger partial charge in [0.1, 0.15) is 0 Å². The van der Waals surface area contributed by atoms with Gasteiger partial charge in [0.05, 0.1) is 6.04 Å². The first kappa shape index (κ1) is 15.8. The first-order chi connectivity index (χ1) is 10.3. The maximum atomic E-state index is 12.4. The molecule has 1 atom stereocenters. The van der Waals surface area contributed by atoms with Crippen LogP contribution in [0.4, 0.5) is 13.2 Å². The molecule has 116 valence electrons. The molecule has 4 nitrogen and oxygen atoms in total. The van der Waals surface area contributed by atoms with Gasteiger partial charge >= 0.3 is 12.1 Å². The van der Waals surface area contributed by atoms with Gasteiger partial charge in [-0.2, -0.15) is 13.2 Å². The molecule has 2 rings (SSSR count). The molecule has 1 amide bonds. The molecule has 0 aliphatic carbocycles. The number of fused-ring (bicyclic) bond motifs is 1. The van der Waals surface area contributed by atoms with Crippen molar-refractivity contribution in [2.75, 3.05) is 0 Å². The van der Waals surface area contributed by atoms with Crippen molar-refractivity contribution in [1.29, 1.82) is 0 Å². The summed E-state index contributed by atoms with van der Waals surface area (Å²) in [6, 6.07) is 10.3. The first-order valence-corrected chi connectivity index (χ1v) is 6.34. The highest BCUT2D eigenvalue weighted by molar-refractivity contribution is 5.88. The maximum Gasteiger partial charge on any atom is 0.471 e. The summed E-state index contributed by atoms with van der Waals surface area (Å²) in [5.74, 6) is -3.74. The lowest BCUT2D eigenvalue weighted by Gasteiger charge is -2.22. The van der Waals surface area contributed by atoms with Gasteiger partial charge in [0.25, 0.3) is 0 Å². The van der Waals surface area contributed by atoms with Crippen LogP contribution < -0.4 is 10.4 Å². The largest absolute Gasteiger partial charge is 0.550 e. The van der Waals surface area contributed by atoms with E-state index in [2.05, 4.69) is 0 Å². The number of rotatable bonds is 4. The minimum Gasteiger partial charge on any atom is -0.550 e. The van der Waals surface area contributed by atoms with E-state index < -0.39 is 30.5 Å². The predicted molar refractivity (Wildman–Crippen MR) is 70.5 cm³/mol. The lowest BCUT2D eigenvalue weighted by Crippen LogP contribution is -2.41. The Bertz CT molecular complexity index is 707. The Hall–Kier alpha value is -2.57. The molecule has 0 spiro atoms. The third-order valence-corrected chi connectivity index (χ3v) is 3.13. The van der Waals surface area contributed by atoms with Gasteiger partial charge in [-0.25, -0.2) is 0 Å². The van der Waals surface area contributed by atoms with Gasteiger partial charge in [-0.3, -0.25) is 4.79 Å². The van der Waals surface area contributed by atoms with Crippen molar-refractivity contribution in [2.24, 2.45) is 0 Å². The highest BCUT2D eigenvalue weighted by atomic mass is 19.4. The van der Waals surface area contributed by atoms with Crippen molar-refractivity contribution in [3.8, 4) is 0 Å². The van der Waals surface area contributed by atoms with Crippen molar-refractivity contribution in [1.82, 2.24) is 5.32 Å². The number of carbonyl (C=O) groups is 2. The Balaban J connectivity index is 2.44. The van der Waals surface area contributed by atoms with Crippen LogP contribution in [-0.4, -0.2) is 18.1 Å². The summed E-state index contributed by atoms with van der Waals surface area (Å²) in [6.45, 7) is 0. The number of halogens is 3. The Morgan fingerprint density at radius 1 is 1.09 bits per heavy atom. The zero-order valence-corrected chi connectivity index (χ0v) is 11.2. The van der Waals surface area contributed by atoms with Crippen LogP contribution in [0.15, 0.2) is 42.5 Å². The number of carboxylic acids is 1. The standard InChI is InChI=1S/C15H12F3NO3/c16-15(17,18)14(22)19-12(8-13(20)21)11-7-3-5-9-4-1-2-6-10(9)11/h1-7,12H,8H2,(H,19,22)(H,20,21)/p-1/t12-/m0/s1. The molecule has 0 aliphatic rings. The van der Waals surface area contributed by atoms with Crippen LogP contribution in [0.2, 0.25) is 0 Å². The van der Waals surface area contributed by atoms with Crippen molar-refractivity contribution in [3.63, 3.8) is 0 Å². The van der Waals surface area contributed by atoms with Crippen LogP contribution in [0, 0.1) is 0 Å². The number of hydrogen-bond donors (Lipinski definition) is 1. The maximum absolute atomic E-state index is 12.4. The van der Waals surface area contributed by atoms with Crippen molar-refractivity contribution < 1.29 is 27.9 Å². The van der Waals surface area contributed by atoms with Crippen LogP contribution in [0.3, 0.4) is 0 Å². The average molecular weight is 310 g/mol. The molecular weight excluding hydrogens is 299 g/mol. The Morgan fingerprint density at radius 2 is 1.73 bits per heavy atom. The van der Waals surface area contributed by atoms with E-state index in [0.29, 0.717) is 10.9 Å². The molecule has 7 heteroatoms. The lowest BCUT2D eigenvalue weighted by atomic mass is 9.96. The van der Waals surface area contributed by atoms with Gasteiger partial charge in [0.2, 0.25) is 0 Å². The molecule has 0 heterocycles. The normalized spacial score (nSPS) is 12.9. The Morgan fingerprint density at radius 3 is 2.36 bits per heavy atom. The first-order valence-electron chi connectivity index (χ1n) is 6.34. The molecular formula is C15H11F3NO3-. The van der Waals surface area contributed by atoms with E-state index in [4.69, 9.17) is 0 Å². The summed E-state index contributed by atoms with van der Waals surface area (Å²) in [5.41, 5.74) is 0.292. The minimum absolute atomic E-state index is 0.292. The minimum atomic E-state index is -5.09. The number of benzene rings is 2. The van der Waals surface area contributed by atoms with Crippen molar-refractivity contribution >= 4 is 22.6 Å². The smallest absolute Gasteiger partial charge is 0.471 e. The van der Waals surface area contributed by atoms with Crippen LogP contribution in [0.25, 0.3) is 10.8 Å². The van der Waals surface area contributed by atoms with Crippen molar-refractivity contribution in [2.45, 2.75) is 18.6 Å². The van der Waals surface area contributed by atoms with Gasteiger partial charge in [0.15, 0.2) is 0 Å². The van der Waals surface area contributed by atoms with Gasteiger partial charge in [-0.05, 0) is 16.3 Å². The van der Waals surface area contributed by atoms with Crippen LogP contribution >= 0.6 is 0 Å². The molecule has 0 bridgehead atoms.